The zero-order valence-electron chi connectivity index (χ0n) is 10.7. The van der Waals surface area contributed by atoms with Gasteiger partial charge in [0.2, 0.25) is 10.0 Å². The van der Waals surface area contributed by atoms with Crippen molar-refractivity contribution >= 4 is 21.8 Å². The monoisotopic (exact) mass is 296 g/mol. The zero-order valence-corrected chi connectivity index (χ0v) is 12.4. The minimum absolute atomic E-state index is 0.0298. The highest BCUT2D eigenvalue weighted by Crippen LogP contribution is 2.20. The van der Waals surface area contributed by atoms with E-state index in [4.69, 9.17) is 5.26 Å². The van der Waals surface area contributed by atoms with Crippen LogP contribution in [-0.2, 0) is 10.0 Å². The fourth-order valence-corrected chi connectivity index (χ4v) is 4.53. The van der Waals surface area contributed by atoms with E-state index in [1.54, 1.807) is 19.1 Å². The molecule has 0 atom stereocenters. The molecule has 0 radical (unpaired) electrons. The minimum atomic E-state index is -3.48. The van der Waals surface area contributed by atoms with E-state index in [1.807, 2.05) is 17.8 Å². The van der Waals surface area contributed by atoms with Crippen LogP contribution in [0.3, 0.4) is 0 Å². The summed E-state index contributed by atoms with van der Waals surface area (Å²) in [6.45, 7) is 1.74. The smallest absolute Gasteiger partial charge is 0.208 e. The summed E-state index contributed by atoms with van der Waals surface area (Å²) >= 11 is 1.86. The van der Waals surface area contributed by atoms with Crippen molar-refractivity contribution in [2.45, 2.75) is 30.7 Å². The van der Waals surface area contributed by atoms with Crippen molar-refractivity contribution < 1.29 is 8.42 Å². The Morgan fingerprint density at radius 1 is 1.37 bits per heavy atom. The van der Waals surface area contributed by atoms with Crippen molar-refractivity contribution in [3.63, 3.8) is 0 Å². The lowest BCUT2D eigenvalue weighted by atomic mass is 10.1. The molecule has 1 aliphatic heterocycles. The molecule has 1 saturated heterocycles. The maximum absolute atomic E-state index is 12.3. The molecule has 6 heteroatoms. The Bertz CT molecular complexity index is 600. The Hall–Kier alpha value is -1.03. The Morgan fingerprint density at radius 3 is 2.63 bits per heavy atom. The second-order valence-corrected chi connectivity index (χ2v) is 7.54. The minimum Gasteiger partial charge on any atom is -0.208 e. The topological polar surface area (TPSA) is 70.0 Å². The molecule has 1 heterocycles. The lowest BCUT2D eigenvalue weighted by molar-refractivity contribution is 0.529. The van der Waals surface area contributed by atoms with Crippen molar-refractivity contribution in [2.75, 3.05) is 11.5 Å². The molecule has 102 valence electrons. The van der Waals surface area contributed by atoms with Crippen LogP contribution in [0.25, 0.3) is 0 Å². The van der Waals surface area contributed by atoms with Gasteiger partial charge in [0.05, 0.1) is 16.5 Å². The number of hydrogen-bond donors (Lipinski definition) is 1. The second kappa shape index (κ2) is 5.95. The van der Waals surface area contributed by atoms with E-state index in [9.17, 15) is 8.42 Å². The normalized spacial score (nSPS) is 17.1. The van der Waals surface area contributed by atoms with Crippen LogP contribution < -0.4 is 4.72 Å². The van der Waals surface area contributed by atoms with E-state index in [2.05, 4.69) is 4.72 Å². The van der Waals surface area contributed by atoms with E-state index in [0.29, 0.717) is 11.1 Å². The average Bonchev–Trinajstić information content (AvgIpc) is 2.39. The van der Waals surface area contributed by atoms with Crippen molar-refractivity contribution in [1.29, 1.82) is 5.26 Å². The molecule has 1 fully saturated rings. The first kappa shape index (κ1) is 14.4. The lowest BCUT2D eigenvalue weighted by Crippen LogP contribution is -2.37. The summed E-state index contributed by atoms with van der Waals surface area (Å²) in [5, 5.41) is 8.86. The second-order valence-electron chi connectivity index (χ2n) is 4.60. The molecule has 0 amide bonds. The summed E-state index contributed by atoms with van der Waals surface area (Å²) in [7, 11) is -3.48. The molecule has 0 bridgehead atoms. The van der Waals surface area contributed by atoms with Gasteiger partial charge in [-0.2, -0.15) is 17.0 Å². The van der Waals surface area contributed by atoms with Crippen molar-refractivity contribution in [2.24, 2.45) is 0 Å². The first-order valence-electron chi connectivity index (χ1n) is 6.14. The van der Waals surface area contributed by atoms with E-state index in [0.717, 1.165) is 24.3 Å². The molecule has 1 aromatic carbocycles. The van der Waals surface area contributed by atoms with E-state index in [-0.39, 0.29) is 10.9 Å². The Balaban J connectivity index is 2.19. The fourth-order valence-electron chi connectivity index (χ4n) is 2.03. The molecule has 0 saturated carbocycles. The lowest BCUT2D eigenvalue weighted by Gasteiger charge is -2.22. The van der Waals surface area contributed by atoms with Crippen LogP contribution in [0.2, 0.25) is 0 Å². The maximum atomic E-state index is 12.3. The summed E-state index contributed by atoms with van der Waals surface area (Å²) in [4.78, 5) is 0.238. The van der Waals surface area contributed by atoms with Gasteiger partial charge in [-0.3, -0.25) is 0 Å². The highest BCUT2D eigenvalue weighted by molar-refractivity contribution is 7.99. The predicted molar refractivity (Wildman–Crippen MR) is 76.6 cm³/mol. The van der Waals surface area contributed by atoms with Crippen LogP contribution in [0, 0.1) is 18.3 Å². The van der Waals surface area contributed by atoms with Crippen LogP contribution >= 0.6 is 11.8 Å². The van der Waals surface area contributed by atoms with Gasteiger partial charge in [0, 0.05) is 6.04 Å². The highest BCUT2D eigenvalue weighted by atomic mass is 32.2. The first-order chi connectivity index (χ1) is 9.03. The van der Waals surface area contributed by atoms with Gasteiger partial charge in [0.15, 0.2) is 0 Å². The van der Waals surface area contributed by atoms with E-state index >= 15 is 0 Å². The van der Waals surface area contributed by atoms with E-state index in [1.165, 1.54) is 6.07 Å². The van der Waals surface area contributed by atoms with Gasteiger partial charge in [-0.25, -0.2) is 13.1 Å². The number of nitriles is 1. The fraction of sp³-hybridized carbons (Fsp3) is 0.462. The van der Waals surface area contributed by atoms with Crippen molar-refractivity contribution in [3.8, 4) is 6.07 Å². The Kier molecular flexibility index (Phi) is 4.50. The molecular weight excluding hydrogens is 280 g/mol. The molecule has 4 nitrogen and oxygen atoms in total. The summed E-state index contributed by atoms with van der Waals surface area (Å²) < 4.78 is 27.3. The number of thioether (sulfide) groups is 1. The van der Waals surface area contributed by atoms with Crippen LogP contribution in [0.1, 0.15) is 24.0 Å². The largest absolute Gasteiger partial charge is 0.240 e. The molecule has 1 N–H and O–H groups in total. The maximum Gasteiger partial charge on any atom is 0.240 e. The molecular formula is C13H16N2O2S2. The molecule has 2 rings (SSSR count). The average molecular weight is 296 g/mol. The number of hydrogen-bond acceptors (Lipinski definition) is 4. The van der Waals surface area contributed by atoms with E-state index < -0.39 is 10.0 Å². The molecule has 1 aliphatic rings. The number of aryl methyl sites for hydroxylation is 1. The van der Waals surface area contributed by atoms with Gasteiger partial charge in [-0.05, 0) is 55.0 Å². The quantitative estimate of drug-likeness (QED) is 0.926. The van der Waals surface area contributed by atoms with Gasteiger partial charge in [0.1, 0.15) is 0 Å². The van der Waals surface area contributed by atoms with Crippen molar-refractivity contribution in [3.05, 3.63) is 29.3 Å². The third kappa shape index (κ3) is 3.50. The van der Waals surface area contributed by atoms with Gasteiger partial charge >= 0.3 is 0 Å². The number of rotatable bonds is 3. The molecule has 19 heavy (non-hydrogen) atoms. The van der Waals surface area contributed by atoms with Crippen molar-refractivity contribution in [1.82, 2.24) is 4.72 Å². The number of sulfonamides is 1. The summed E-state index contributed by atoms with van der Waals surface area (Å²) in [6, 6.07) is 6.67. The summed E-state index contributed by atoms with van der Waals surface area (Å²) in [6.07, 6.45) is 1.75. The number of nitrogens with one attached hydrogen (secondary N) is 1. The third-order valence-corrected chi connectivity index (χ3v) is 5.74. The third-order valence-electron chi connectivity index (χ3n) is 3.17. The SMILES string of the molecule is Cc1cc(S(=O)(=O)NC2CCSCC2)ccc1C#N. The number of benzene rings is 1. The molecule has 0 aromatic heterocycles. The summed E-state index contributed by atoms with van der Waals surface area (Å²) in [5.74, 6) is 2.00. The first-order valence-corrected chi connectivity index (χ1v) is 8.77. The van der Waals surface area contributed by atoms with Gasteiger partial charge in [0.25, 0.3) is 0 Å². The van der Waals surface area contributed by atoms with Gasteiger partial charge in [-0.15, -0.1) is 0 Å². The predicted octanol–water partition coefficient (Wildman–Crippen LogP) is 2.04. The Labute approximate surface area is 118 Å². The number of nitrogens with zero attached hydrogens (tertiary/aromatic N) is 1. The zero-order chi connectivity index (χ0) is 13.9. The molecule has 0 spiro atoms. The standard InChI is InChI=1S/C13H16N2O2S2/c1-10-8-13(3-2-11(10)9-14)19(16,17)15-12-4-6-18-7-5-12/h2-3,8,12,15H,4-7H2,1H3. The molecule has 1 aromatic rings. The van der Waals surface area contributed by atoms with Crippen LogP contribution in [0.5, 0.6) is 0 Å². The van der Waals surface area contributed by atoms with Crippen LogP contribution in [0.4, 0.5) is 0 Å². The molecule has 0 unspecified atom stereocenters. The van der Waals surface area contributed by atoms with Gasteiger partial charge < -0.3 is 0 Å². The van der Waals surface area contributed by atoms with Crippen LogP contribution in [-0.4, -0.2) is 26.0 Å². The Morgan fingerprint density at radius 2 is 2.05 bits per heavy atom. The van der Waals surface area contributed by atoms with Crippen LogP contribution in [0.15, 0.2) is 23.1 Å². The molecule has 0 aliphatic carbocycles. The summed E-state index contributed by atoms with van der Waals surface area (Å²) in [5.41, 5.74) is 1.19. The van der Waals surface area contributed by atoms with Gasteiger partial charge in [-0.1, -0.05) is 0 Å². The highest BCUT2D eigenvalue weighted by Gasteiger charge is 2.22.